The topological polar surface area (TPSA) is 75.7 Å². The van der Waals surface area contributed by atoms with E-state index in [1.165, 1.54) is 18.4 Å². The largest absolute Gasteiger partial charge is 0.494 e. The molecule has 1 amide bonds. The van der Waals surface area contributed by atoms with Gasteiger partial charge in [-0.2, -0.15) is 0 Å². The zero-order valence-electron chi connectivity index (χ0n) is 14.2. The maximum atomic E-state index is 12.0. The SMILES string of the molecule is CNCC(C)C(=O)N(C)CCCOc1ccc(S(C)(=O)=O)cc1. The van der Waals surface area contributed by atoms with Gasteiger partial charge in [0.25, 0.3) is 0 Å². The molecule has 1 aromatic rings. The second-order valence-electron chi connectivity index (χ2n) is 5.66. The third kappa shape index (κ3) is 6.58. The number of benzene rings is 1. The van der Waals surface area contributed by atoms with Crippen LogP contribution in [0.2, 0.25) is 0 Å². The molecule has 0 saturated carbocycles. The molecule has 1 unspecified atom stereocenters. The highest BCUT2D eigenvalue weighted by Gasteiger charge is 2.16. The lowest BCUT2D eigenvalue weighted by atomic mass is 10.1. The van der Waals surface area contributed by atoms with Crippen molar-refractivity contribution in [3.63, 3.8) is 0 Å². The highest BCUT2D eigenvalue weighted by molar-refractivity contribution is 7.90. The van der Waals surface area contributed by atoms with Crippen molar-refractivity contribution in [1.82, 2.24) is 10.2 Å². The number of carbonyl (C=O) groups excluding carboxylic acids is 1. The van der Waals surface area contributed by atoms with E-state index in [2.05, 4.69) is 5.32 Å². The van der Waals surface area contributed by atoms with Crippen molar-refractivity contribution in [3.05, 3.63) is 24.3 Å². The van der Waals surface area contributed by atoms with Crippen molar-refractivity contribution >= 4 is 15.7 Å². The Morgan fingerprint density at radius 2 is 1.91 bits per heavy atom. The molecule has 130 valence electrons. The van der Waals surface area contributed by atoms with Gasteiger partial charge in [0.05, 0.1) is 11.5 Å². The van der Waals surface area contributed by atoms with Gasteiger partial charge in [-0.3, -0.25) is 4.79 Å². The van der Waals surface area contributed by atoms with Gasteiger partial charge in [0, 0.05) is 32.3 Å². The summed E-state index contributed by atoms with van der Waals surface area (Å²) in [5, 5.41) is 2.99. The van der Waals surface area contributed by atoms with Crippen LogP contribution in [0.15, 0.2) is 29.2 Å². The van der Waals surface area contributed by atoms with Crippen LogP contribution in [0.1, 0.15) is 13.3 Å². The lowest BCUT2D eigenvalue weighted by Crippen LogP contribution is -2.36. The minimum atomic E-state index is -3.18. The normalized spacial score (nSPS) is 12.7. The molecule has 0 radical (unpaired) electrons. The molecule has 0 aliphatic heterocycles. The molecular weight excluding hydrogens is 316 g/mol. The number of nitrogens with one attached hydrogen (secondary N) is 1. The molecule has 0 saturated heterocycles. The fraction of sp³-hybridized carbons (Fsp3) is 0.562. The fourth-order valence-electron chi connectivity index (χ4n) is 2.15. The van der Waals surface area contributed by atoms with Crippen molar-refractivity contribution in [2.24, 2.45) is 5.92 Å². The van der Waals surface area contributed by atoms with Gasteiger partial charge >= 0.3 is 0 Å². The molecule has 23 heavy (non-hydrogen) atoms. The van der Waals surface area contributed by atoms with Crippen LogP contribution in [0.25, 0.3) is 0 Å². The highest BCUT2D eigenvalue weighted by atomic mass is 32.2. The fourth-order valence-corrected chi connectivity index (χ4v) is 2.79. The lowest BCUT2D eigenvalue weighted by Gasteiger charge is -2.21. The number of amides is 1. The summed E-state index contributed by atoms with van der Waals surface area (Å²) < 4.78 is 28.3. The third-order valence-corrected chi connectivity index (χ3v) is 4.60. The zero-order chi connectivity index (χ0) is 17.5. The Kier molecular flexibility index (Phi) is 7.51. The molecular formula is C16H26N2O4S. The summed E-state index contributed by atoms with van der Waals surface area (Å²) in [5.41, 5.74) is 0. The molecule has 0 aromatic heterocycles. The molecule has 7 heteroatoms. The molecule has 6 nitrogen and oxygen atoms in total. The summed E-state index contributed by atoms with van der Waals surface area (Å²) in [7, 11) is 0.430. The number of carbonyl (C=O) groups is 1. The molecule has 1 atom stereocenters. The van der Waals surface area contributed by atoms with Crippen LogP contribution in [-0.4, -0.2) is 59.3 Å². The second-order valence-corrected chi connectivity index (χ2v) is 7.68. The predicted molar refractivity (Wildman–Crippen MR) is 90.4 cm³/mol. The van der Waals surface area contributed by atoms with Gasteiger partial charge in [-0.1, -0.05) is 6.92 Å². The van der Waals surface area contributed by atoms with E-state index in [1.807, 2.05) is 14.0 Å². The number of ether oxygens (including phenoxy) is 1. The van der Waals surface area contributed by atoms with Crippen molar-refractivity contribution in [2.75, 3.05) is 40.0 Å². The average molecular weight is 342 g/mol. The van der Waals surface area contributed by atoms with E-state index in [4.69, 9.17) is 4.74 Å². The first-order valence-corrected chi connectivity index (χ1v) is 9.47. The molecule has 0 fully saturated rings. The van der Waals surface area contributed by atoms with Crippen molar-refractivity contribution in [2.45, 2.75) is 18.2 Å². The summed E-state index contributed by atoms with van der Waals surface area (Å²) in [6.45, 7) is 3.64. The maximum Gasteiger partial charge on any atom is 0.226 e. The summed E-state index contributed by atoms with van der Waals surface area (Å²) in [5.74, 6) is 0.682. The number of hydrogen-bond donors (Lipinski definition) is 1. The highest BCUT2D eigenvalue weighted by Crippen LogP contribution is 2.16. The Morgan fingerprint density at radius 1 is 1.30 bits per heavy atom. The molecule has 1 N–H and O–H groups in total. The van der Waals surface area contributed by atoms with Crippen LogP contribution >= 0.6 is 0 Å². The van der Waals surface area contributed by atoms with E-state index >= 15 is 0 Å². The monoisotopic (exact) mass is 342 g/mol. The van der Waals surface area contributed by atoms with E-state index in [1.54, 1.807) is 24.1 Å². The summed E-state index contributed by atoms with van der Waals surface area (Å²) in [6.07, 6.45) is 1.88. The molecule has 0 bridgehead atoms. The number of hydrogen-bond acceptors (Lipinski definition) is 5. The lowest BCUT2D eigenvalue weighted by molar-refractivity contribution is -0.133. The van der Waals surface area contributed by atoms with E-state index in [0.717, 1.165) is 0 Å². The van der Waals surface area contributed by atoms with Crippen LogP contribution in [0, 0.1) is 5.92 Å². The summed E-state index contributed by atoms with van der Waals surface area (Å²) in [6, 6.07) is 6.33. The van der Waals surface area contributed by atoms with Gasteiger partial charge in [-0.05, 0) is 37.7 Å². The molecule has 0 aliphatic rings. The number of sulfone groups is 1. The summed E-state index contributed by atoms with van der Waals surface area (Å²) in [4.78, 5) is 14.0. The number of rotatable bonds is 9. The van der Waals surface area contributed by atoms with Gasteiger partial charge in [0.1, 0.15) is 5.75 Å². The third-order valence-electron chi connectivity index (χ3n) is 3.47. The molecule has 1 rings (SSSR count). The van der Waals surface area contributed by atoms with Gasteiger partial charge < -0.3 is 15.0 Å². The molecule has 1 aromatic carbocycles. The first kappa shape index (κ1) is 19.4. The van der Waals surface area contributed by atoms with Crippen LogP contribution in [0.4, 0.5) is 0 Å². The minimum Gasteiger partial charge on any atom is -0.494 e. The van der Waals surface area contributed by atoms with Crippen molar-refractivity contribution in [3.8, 4) is 5.75 Å². The average Bonchev–Trinajstić information content (AvgIpc) is 2.50. The molecule has 0 heterocycles. The maximum absolute atomic E-state index is 12.0. The van der Waals surface area contributed by atoms with Crippen molar-refractivity contribution < 1.29 is 17.9 Å². The summed E-state index contributed by atoms with van der Waals surface area (Å²) >= 11 is 0. The van der Waals surface area contributed by atoms with Crippen LogP contribution in [0.3, 0.4) is 0 Å². The van der Waals surface area contributed by atoms with Gasteiger partial charge in [-0.15, -0.1) is 0 Å². The second kappa shape index (κ2) is 8.88. The first-order chi connectivity index (χ1) is 10.8. The minimum absolute atomic E-state index is 0.0468. The Hall–Kier alpha value is -1.60. The van der Waals surface area contributed by atoms with Crippen molar-refractivity contribution in [1.29, 1.82) is 0 Å². The van der Waals surface area contributed by atoms with Crippen LogP contribution in [-0.2, 0) is 14.6 Å². The van der Waals surface area contributed by atoms with Gasteiger partial charge in [-0.25, -0.2) is 8.42 Å². The van der Waals surface area contributed by atoms with Crippen LogP contribution in [0.5, 0.6) is 5.75 Å². The van der Waals surface area contributed by atoms with E-state index in [0.29, 0.717) is 31.9 Å². The number of nitrogens with zero attached hydrogens (tertiary/aromatic N) is 1. The van der Waals surface area contributed by atoms with Gasteiger partial charge in [0.15, 0.2) is 9.84 Å². The first-order valence-electron chi connectivity index (χ1n) is 7.58. The van der Waals surface area contributed by atoms with E-state index in [9.17, 15) is 13.2 Å². The van der Waals surface area contributed by atoms with Crippen LogP contribution < -0.4 is 10.1 Å². The van der Waals surface area contributed by atoms with E-state index in [-0.39, 0.29) is 16.7 Å². The zero-order valence-corrected chi connectivity index (χ0v) is 15.0. The standard InChI is InChI=1S/C16H26N2O4S/c1-13(12-17-2)16(19)18(3)10-5-11-22-14-6-8-15(9-7-14)23(4,20)21/h6-9,13,17H,5,10-12H2,1-4H3. The van der Waals surface area contributed by atoms with E-state index < -0.39 is 9.84 Å². The Labute approximate surface area is 138 Å². The Morgan fingerprint density at radius 3 is 2.43 bits per heavy atom. The molecule has 0 spiro atoms. The van der Waals surface area contributed by atoms with Gasteiger partial charge in [0.2, 0.25) is 5.91 Å². The smallest absolute Gasteiger partial charge is 0.226 e. The predicted octanol–water partition coefficient (Wildman–Crippen LogP) is 1.17. The Bertz CT molecular complexity index is 599. The Balaban J connectivity index is 2.36. The molecule has 0 aliphatic carbocycles. The quantitative estimate of drug-likeness (QED) is 0.682.